The molecule has 4 aromatic rings. The second-order valence-corrected chi connectivity index (χ2v) is 9.35. The summed E-state index contributed by atoms with van der Waals surface area (Å²) in [6.45, 7) is 0.183. The molecule has 0 amide bonds. The summed E-state index contributed by atoms with van der Waals surface area (Å²) in [5, 5.41) is 3.95. The summed E-state index contributed by atoms with van der Waals surface area (Å²) in [6.07, 6.45) is -5.10. The van der Waals surface area contributed by atoms with Gasteiger partial charge in [-0.05, 0) is 59.7 Å². The summed E-state index contributed by atoms with van der Waals surface area (Å²) in [6, 6.07) is 23.2. The minimum absolute atomic E-state index is 0.00541. The first-order valence-corrected chi connectivity index (χ1v) is 12.2. The minimum atomic E-state index is -4.40. The molecule has 1 unspecified atom stereocenters. The Morgan fingerprint density at radius 3 is 2.19 bits per heavy atom. The maximum Gasteiger partial charge on any atom is 0.416 e. The van der Waals surface area contributed by atoms with E-state index in [1.165, 1.54) is 24.3 Å². The summed E-state index contributed by atoms with van der Waals surface area (Å²) in [5.41, 5.74) is 1.65. The smallest absolute Gasteiger partial charge is 0.416 e. The van der Waals surface area contributed by atoms with Crippen molar-refractivity contribution >= 4 is 40.4 Å². The molecule has 4 aromatic carbocycles. The predicted molar refractivity (Wildman–Crippen MR) is 142 cm³/mol. The van der Waals surface area contributed by atoms with Crippen molar-refractivity contribution in [3.8, 4) is 5.75 Å². The first kappa shape index (κ1) is 26.9. The van der Waals surface area contributed by atoms with Gasteiger partial charge < -0.3 is 10.1 Å². The highest BCUT2D eigenvalue weighted by atomic mass is 35.5. The fourth-order valence-corrected chi connectivity index (χ4v) is 4.16. The van der Waals surface area contributed by atoms with Gasteiger partial charge in [-0.25, -0.2) is 4.39 Å². The van der Waals surface area contributed by atoms with Crippen molar-refractivity contribution in [2.75, 3.05) is 0 Å². The number of rotatable bonds is 7. The van der Waals surface area contributed by atoms with Gasteiger partial charge in [-0.3, -0.25) is 0 Å². The number of benzene rings is 4. The molecule has 190 valence electrons. The summed E-state index contributed by atoms with van der Waals surface area (Å²) in [7, 11) is 0. The van der Waals surface area contributed by atoms with Crippen LogP contribution < -0.4 is 10.1 Å². The molecule has 0 radical (unpaired) electrons. The SMILES string of the molecule is Fc1cc(C(=S)NCc2ccc(C(F)(F)F)cc2)ccc1OC(c1ccc(Cl)cc1)c1ccccc1Cl. The van der Waals surface area contributed by atoms with Crippen LogP contribution in [0.25, 0.3) is 0 Å². The molecule has 0 aliphatic carbocycles. The number of ether oxygens (including phenoxy) is 1. The van der Waals surface area contributed by atoms with Crippen molar-refractivity contribution in [3.63, 3.8) is 0 Å². The molecule has 0 aliphatic heterocycles. The van der Waals surface area contributed by atoms with Crippen LogP contribution in [0.2, 0.25) is 10.0 Å². The van der Waals surface area contributed by atoms with Crippen LogP contribution in [-0.2, 0) is 12.7 Å². The van der Waals surface area contributed by atoms with E-state index in [1.54, 1.807) is 48.5 Å². The van der Waals surface area contributed by atoms with Crippen LogP contribution in [0.5, 0.6) is 5.75 Å². The number of hydrogen-bond acceptors (Lipinski definition) is 2. The van der Waals surface area contributed by atoms with Crippen LogP contribution in [0.1, 0.15) is 33.9 Å². The molecule has 1 atom stereocenters. The maximum absolute atomic E-state index is 15.1. The van der Waals surface area contributed by atoms with Gasteiger partial charge in [-0.2, -0.15) is 13.2 Å². The highest BCUT2D eigenvalue weighted by Gasteiger charge is 2.30. The van der Waals surface area contributed by atoms with Crippen LogP contribution in [0.15, 0.2) is 91.0 Å². The largest absolute Gasteiger partial charge is 0.478 e. The van der Waals surface area contributed by atoms with E-state index >= 15 is 4.39 Å². The van der Waals surface area contributed by atoms with E-state index in [2.05, 4.69) is 5.32 Å². The number of hydrogen-bond donors (Lipinski definition) is 1. The van der Waals surface area contributed by atoms with Crippen LogP contribution in [0.4, 0.5) is 17.6 Å². The van der Waals surface area contributed by atoms with Gasteiger partial charge in [0.25, 0.3) is 0 Å². The van der Waals surface area contributed by atoms with Gasteiger partial charge in [0.15, 0.2) is 17.7 Å². The highest BCUT2D eigenvalue weighted by Crippen LogP contribution is 2.34. The molecule has 2 nitrogen and oxygen atoms in total. The molecule has 0 spiro atoms. The molecule has 9 heteroatoms. The van der Waals surface area contributed by atoms with Crippen molar-refractivity contribution in [1.82, 2.24) is 5.32 Å². The molecule has 0 heterocycles. The van der Waals surface area contributed by atoms with Crippen LogP contribution in [-0.4, -0.2) is 4.99 Å². The fourth-order valence-electron chi connectivity index (χ4n) is 3.60. The molecule has 0 aromatic heterocycles. The summed E-state index contributed by atoms with van der Waals surface area (Å²) in [4.78, 5) is 0.241. The Hall–Kier alpha value is -3.13. The monoisotopic (exact) mass is 563 g/mol. The van der Waals surface area contributed by atoms with E-state index in [0.29, 0.717) is 26.7 Å². The standard InChI is InChI=1S/C28H19Cl2F4NOS/c29-21-12-7-18(8-13-21)26(22-3-1-2-4-23(22)30)36-25-14-9-19(15-24(25)31)27(37)35-16-17-5-10-20(11-6-17)28(32,33)34/h1-15,26H,16H2,(H,35,37). The van der Waals surface area contributed by atoms with Crippen molar-refractivity contribution < 1.29 is 22.3 Å². The van der Waals surface area contributed by atoms with Gasteiger partial charge in [0.2, 0.25) is 0 Å². The van der Waals surface area contributed by atoms with E-state index in [0.717, 1.165) is 17.7 Å². The van der Waals surface area contributed by atoms with Gasteiger partial charge >= 0.3 is 6.18 Å². The van der Waals surface area contributed by atoms with Gasteiger partial charge in [0, 0.05) is 27.7 Å². The Bertz CT molecular complexity index is 1390. The van der Waals surface area contributed by atoms with E-state index < -0.39 is 23.7 Å². The molecular formula is C28H19Cl2F4NOS. The van der Waals surface area contributed by atoms with Gasteiger partial charge in [0.1, 0.15) is 4.99 Å². The van der Waals surface area contributed by atoms with Gasteiger partial charge in [-0.15, -0.1) is 0 Å². The first-order valence-electron chi connectivity index (χ1n) is 11.0. The lowest BCUT2D eigenvalue weighted by atomic mass is 10.0. The maximum atomic E-state index is 15.1. The number of nitrogens with one attached hydrogen (secondary N) is 1. The Balaban J connectivity index is 1.50. The molecule has 0 bridgehead atoms. The lowest BCUT2D eigenvalue weighted by Crippen LogP contribution is -2.22. The van der Waals surface area contributed by atoms with Crippen molar-refractivity contribution in [3.05, 3.63) is 135 Å². The van der Waals surface area contributed by atoms with E-state index in [4.69, 9.17) is 40.2 Å². The highest BCUT2D eigenvalue weighted by molar-refractivity contribution is 7.80. The number of halogens is 6. The van der Waals surface area contributed by atoms with Crippen molar-refractivity contribution in [1.29, 1.82) is 0 Å². The minimum Gasteiger partial charge on any atom is -0.478 e. The van der Waals surface area contributed by atoms with E-state index in [9.17, 15) is 13.2 Å². The zero-order chi connectivity index (χ0) is 26.6. The summed E-state index contributed by atoms with van der Waals surface area (Å²) in [5.74, 6) is -0.642. The van der Waals surface area contributed by atoms with Crippen LogP contribution >= 0.6 is 35.4 Å². The number of alkyl halides is 3. The number of thiocarbonyl (C=S) groups is 1. The molecule has 0 saturated heterocycles. The zero-order valence-electron chi connectivity index (χ0n) is 19.0. The average Bonchev–Trinajstić information content (AvgIpc) is 2.87. The van der Waals surface area contributed by atoms with Crippen LogP contribution in [0, 0.1) is 5.82 Å². The lowest BCUT2D eigenvalue weighted by molar-refractivity contribution is -0.137. The van der Waals surface area contributed by atoms with Crippen LogP contribution in [0.3, 0.4) is 0 Å². The molecule has 0 aliphatic rings. The second-order valence-electron chi connectivity index (χ2n) is 8.09. The molecule has 0 fully saturated rings. The molecular weight excluding hydrogens is 545 g/mol. The Kier molecular flexibility index (Phi) is 8.37. The fraction of sp³-hybridized carbons (Fsp3) is 0.107. The summed E-state index contributed by atoms with van der Waals surface area (Å²) < 4.78 is 59.4. The molecule has 4 rings (SSSR count). The molecule has 37 heavy (non-hydrogen) atoms. The molecule has 0 saturated carbocycles. The second kappa shape index (κ2) is 11.5. The Morgan fingerprint density at radius 2 is 1.57 bits per heavy atom. The lowest BCUT2D eigenvalue weighted by Gasteiger charge is -2.22. The van der Waals surface area contributed by atoms with Gasteiger partial charge in [-0.1, -0.05) is 77.9 Å². The average molecular weight is 564 g/mol. The van der Waals surface area contributed by atoms with Gasteiger partial charge in [0.05, 0.1) is 5.56 Å². The zero-order valence-corrected chi connectivity index (χ0v) is 21.4. The quantitative estimate of drug-likeness (QED) is 0.179. The third-order valence-corrected chi connectivity index (χ3v) is 6.51. The third-order valence-electron chi connectivity index (χ3n) is 5.53. The topological polar surface area (TPSA) is 21.3 Å². The van der Waals surface area contributed by atoms with Crippen molar-refractivity contribution in [2.24, 2.45) is 0 Å². The predicted octanol–water partition coefficient (Wildman–Crippen LogP) is 8.79. The van der Waals surface area contributed by atoms with E-state index in [-0.39, 0.29) is 17.3 Å². The van der Waals surface area contributed by atoms with E-state index in [1.807, 2.05) is 6.07 Å². The van der Waals surface area contributed by atoms with Crippen molar-refractivity contribution in [2.45, 2.75) is 18.8 Å². The Morgan fingerprint density at radius 1 is 0.892 bits per heavy atom. The normalized spacial score (nSPS) is 12.2. The Labute approximate surface area is 226 Å². The molecule has 1 N–H and O–H groups in total. The summed E-state index contributed by atoms with van der Waals surface area (Å²) >= 11 is 17.8. The third kappa shape index (κ3) is 6.80. The first-order chi connectivity index (χ1) is 17.6.